The lowest BCUT2D eigenvalue weighted by atomic mass is 10.3. The van der Waals surface area contributed by atoms with E-state index in [1.807, 2.05) is 0 Å². The molecule has 0 atom stereocenters. The third-order valence-electron chi connectivity index (χ3n) is 4.04. The second-order valence-electron chi connectivity index (χ2n) is 6.00. The molecule has 1 aliphatic heterocycles. The standard InChI is InChI=1S/C16H25FN2O3S/c1-14(2)18-8-3-9-19(11-10-18)23(20,21)13-12-22-16-6-4-15(17)5-7-16/h4-7,14H,3,8-13H2,1-2H3. The number of rotatable bonds is 6. The Morgan fingerprint density at radius 3 is 2.48 bits per heavy atom. The average molecular weight is 344 g/mol. The summed E-state index contributed by atoms with van der Waals surface area (Å²) in [7, 11) is -3.33. The molecule has 1 aliphatic rings. The van der Waals surface area contributed by atoms with Gasteiger partial charge in [-0.2, -0.15) is 0 Å². The molecule has 0 radical (unpaired) electrons. The summed E-state index contributed by atoms with van der Waals surface area (Å²) in [5.74, 6) is 0.0687. The SMILES string of the molecule is CC(C)N1CCCN(S(=O)(=O)CCOc2ccc(F)cc2)CC1. The van der Waals surface area contributed by atoms with E-state index in [0.717, 1.165) is 19.5 Å². The maximum absolute atomic E-state index is 12.8. The molecule has 0 aliphatic carbocycles. The van der Waals surface area contributed by atoms with Crippen LogP contribution in [0.2, 0.25) is 0 Å². The van der Waals surface area contributed by atoms with Gasteiger partial charge in [-0.15, -0.1) is 0 Å². The number of halogens is 1. The van der Waals surface area contributed by atoms with Gasteiger partial charge in [0.25, 0.3) is 0 Å². The summed E-state index contributed by atoms with van der Waals surface area (Å²) in [6.07, 6.45) is 0.843. The van der Waals surface area contributed by atoms with Gasteiger partial charge in [-0.25, -0.2) is 17.1 Å². The van der Waals surface area contributed by atoms with E-state index in [1.165, 1.54) is 24.3 Å². The molecule has 1 aromatic carbocycles. The molecule has 0 bridgehead atoms. The van der Waals surface area contributed by atoms with Crippen LogP contribution in [0.1, 0.15) is 20.3 Å². The van der Waals surface area contributed by atoms with Crippen LogP contribution in [-0.2, 0) is 10.0 Å². The molecule has 5 nitrogen and oxygen atoms in total. The Labute approximate surface area is 138 Å². The van der Waals surface area contributed by atoms with E-state index in [9.17, 15) is 12.8 Å². The molecule has 7 heteroatoms. The van der Waals surface area contributed by atoms with Gasteiger partial charge in [-0.3, -0.25) is 4.90 Å². The molecular formula is C16H25FN2O3S. The molecule has 0 unspecified atom stereocenters. The lowest BCUT2D eigenvalue weighted by molar-refractivity contribution is 0.233. The molecule has 0 aromatic heterocycles. The topological polar surface area (TPSA) is 49.9 Å². The Balaban J connectivity index is 1.85. The molecule has 23 heavy (non-hydrogen) atoms. The normalized spacial score (nSPS) is 18.1. The highest BCUT2D eigenvalue weighted by Gasteiger charge is 2.25. The van der Waals surface area contributed by atoms with E-state index >= 15 is 0 Å². The number of benzene rings is 1. The van der Waals surface area contributed by atoms with Crippen LogP contribution < -0.4 is 4.74 Å². The zero-order valence-electron chi connectivity index (χ0n) is 13.7. The Morgan fingerprint density at radius 2 is 1.83 bits per heavy atom. The minimum Gasteiger partial charge on any atom is -0.492 e. The number of hydrogen-bond acceptors (Lipinski definition) is 4. The Hall–Kier alpha value is -1.18. The molecule has 130 valence electrons. The zero-order valence-corrected chi connectivity index (χ0v) is 14.6. The fraction of sp³-hybridized carbons (Fsp3) is 0.625. The zero-order chi connectivity index (χ0) is 16.9. The first-order valence-corrected chi connectivity index (χ1v) is 9.59. The van der Waals surface area contributed by atoms with Gasteiger partial charge in [0.2, 0.25) is 10.0 Å². The van der Waals surface area contributed by atoms with Crippen molar-refractivity contribution >= 4 is 10.0 Å². The van der Waals surface area contributed by atoms with Gasteiger partial charge < -0.3 is 4.74 Å². The van der Waals surface area contributed by atoms with Gasteiger partial charge >= 0.3 is 0 Å². The molecular weight excluding hydrogens is 319 g/mol. The summed E-state index contributed by atoms with van der Waals surface area (Å²) < 4.78 is 44.6. The van der Waals surface area contributed by atoms with Crippen LogP contribution in [0.5, 0.6) is 5.75 Å². The van der Waals surface area contributed by atoms with Crippen LogP contribution in [0.15, 0.2) is 24.3 Å². The van der Waals surface area contributed by atoms with Crippen LogP contribution in [0, 0.1) is 5.82 Å². The summed E-state index contributed by atoms with van der Waals surface area (Å²) in [5, 5.41) is 0. The van der Waals surface area contributed by atoms with Crippen LogP contribution in [-0.4, -0.2) is 62.2 Å². The number of ether oxygens (including phenoxy) is 1. The predicted molar refractivity (Wildman–Crippen MR) is 88.6 cm³/mol. The minimum absolute atomic E-state index is 0.0634. The Morgan fingerprint density at radius 1 is 1.13 bits per heavy atom. The lowest BCUT2D eigenvalue weighted by Crippen LogP contribution is -2.39. The van der Waals surface area contributed by atoms with Crippen molar-refractivity contribution in [1.29, 1.82) is 0 Å². The van der Waals surface area contributed by atoms with E-state index in [4.69, 9.17) is 4.74 Å². The summed E-state index contributed by atoms with van der Waals surface area (Å²) in [4.78, 5) is 2.30. The maximum Gasteiger partial charge on any atom is 0.217 e. The van der Waals surface area contributed by atoms with Crippen LogP contribution >= 0.6 is 0 Å². The molecule has 0 N–H and O–H groups in total. The van der Waals surface area contributed by atoms with Gasteiger partial charge in [0.05, 0.1) is 5.75 Å². The second kappa shape index (κ2) is 8.08. The molecule has 1 fully saturated rings. The predicted octanol–water partition coefficient (Wildman–Crippen LogP) is 1.95. The summed E-state index contributed by atoms with van der Waals surface area (Å²) >= 11 is 0. The third kappa shape index (κ3) is 5.44. The van der Waals surface area contributed by atoms with Gasteiger partial charge in [-0.1, -0.05) is 0 Å². The molecule has 0 spiro atoms. The van der Waals surface area contributed by atoms with E-state index in [1.54, 1.807) is 4.31 Å². The minimum atomic E-state index is -3.33. The van der Waals surface area contributed by atoms with Crippen molar-refractivity contribution in [2.75, 3.05) is 38.5 Å². The summed E-state index contributed by atoms with van der Waals surface area (Å²) in [6, 6.07) is 6.00. The fourth-order valence-electron chi connectivity index (χ4n) is 2.63. The fourth-order valence-corrected chi connectivity index (χ4v) is 3.95. The molecule has 1 aromatic rings. The number of hydrogen-bond donors (Lipinski definition) is 0. The maximum atomic E-state index is 12.8. The first-order valence-electron chi connectivity index (χ1n) is 7.99. The molecule has 0 amide bonds. The molecule has 1 heterocycles. The van der Waals surface area contributed by atoms with Crippen molar-refractivity contribution in [1.82, 2.24) is 9.21 Å². The smallest absolute Gasteiger partial charge is 0.217 e. The highest BCUT2D eigenvalue weighted by Crippen LogP contribution is 2.13. The van der Waals surface area contributed by atoms with Gasteiger partial charge in [0.15, 0.2) is 0 Å². The van der Waals surface area contributed by atoms with Crippen molar-refractivity contribution in [3.05, 3.63) is 30.1 Å². The highest BCUT2D eigenvalue weighted by molar-refractivity contribution is 7.89. The average Bonchev–Trinajstić information content (AvgIpc) is 2.76. The Bertz CT molecular complexity index is 590. The second-order valence-corrected chi connectivity index (χ2v) is 8.09. The first kappa shape index (κ1) is 18.2. The molecule has 1 saturated heterocycles. The van der Waals surface area contributed by atoms with E-state index in [2.05, 4.69) is 18.7 Å². The van der Waals surface area contributed by atoms with Gasteiger partial charge in [0.1, 0.15) is 18.2 Å². The first-order chi connectivity index (χ1) is 10.9. The monoisotopic (exact) mass is 344 g/mol. The third-order valence-corrected chi connectivity index (χ3v) is 5.87. The summed E-state index contributed by atoms with van der Waals surface area (Å²) in [6.45, 7) is 7.09. The van der Waals surface area contributed by atoms with Crippen molar-refractivity contribution in [3.63, 3.8) is 0 Å². The van der Waals surface area contributed by atoms with Crippen LogP contribution in [0.25, 0.3) is 0 Å². The molecule has 0 saturated carbocycles. The van der Waals surface area contributed by atoms with E-state index in [-0.39, 0.29) is 18.2 Å². The van der Waals surface area contributed by atoms with E-state index in [0.29, 0.717) is 24.9 Å². The number of sulfonamides is 1. The van der Waals surface area contributed by atoms with Crippen LogP contribution in [0.3, 0.4) is 0 Å². The van der Waals surface area contributed by atoms with E-state index < -0.39 is 10.0 Å². The molecule has 2 rings (SSSR count). The van der Waals surface area contributed by atoms with Crippen molar-refractivity contribution in [3.8, 4) is 5.75 Å². The van der Waals surface area contributed by atoms with Gasteiger partial charge in [-0.05, 0) is 51.1 Å². The summed E-state index contributed by atoms with van der Waals surface area (Å²) in [5.41, 5.74) is 0. The Kier molecular flexibility index (Phi) is 6.38. The lowest BCUT2D eigenvalue weighted by Gasteiger charge is -2.24. The van der Waals surface area contributed by atoms with Crippen LogP contribution in [0.4, 0.5) is 4.39 Å². The van der Waals surface area contributed by atoms with Crippen molar-refractivity contribution in [2.45, 2.75) is 26.3 Å². The van der Waals surface area contributed by atoms with Gasteiger partial charge in [0, 0.05) is 25.7 Å². The van der Waals surface area contributed by atoms with Crippen molar-refractivity contribution in [2.24, 2.45) is 0 Å². The quantitative estimate of drug-likeness (QED) is 0.791. The largest absolute Gasteiger partial charge is 0.492 e. The van der Waals surface area contributed by atoms with Crippen molar-refractivity contribution < 1.29 is 17.5 Å². The number of nitrogens with zero attached hydrogens (tertiary/aromatic N) is 2. The highest BCUT2D eigenvalue weighted by atomic mass is 32.2.